The van der Waals surface area contributed by atoms with Crippen LogP contribution in [0.2, 0.25) is 0 Å². The fraction of sp³-hybridized carbons (Fsp3) is 0.714. The van der Waals surface area contributed by atoms with Crippen LogP contribution in [-0.2, 0) is 33.5 Å². The number of primary amides is 1. The fourth-order valence-corrected chi connectivity index (χ4v) is 3.66. The van der Waals surface area contributed by atoms with E-state index in [1.807, 2.05) is 0 Å². The summed E-state index contributed by atoms with van der Waals surface area (Å²) in [5.74, 6) is -5.26. The molecule has 0 radical (unpaired) electrons. The lowest BCUT2D eigenvalue weighted by molar-refractivity contribution is -0.191. The predicted octanol–water partition coefficient (Wildman–Crippen LogP) is -3.99. The van der Waals surface area contributed by atoms with Gasteiger partial charge in [0.15, 0.2) is 0 Å². The van der Waals surface area contributed by atoms with E-state index >= 15 is 0 Å². The van der Waals surface area contributed by atoms with Gasteiger partial charge in [0.1, 0.15) is 36.7 Å². The second-order valence-corrected chi connectivity index (χ2v) is 8.58. The van der Waals surface area contributed by atoms with Crippen molar-refractivity contribution >= 4 is 35.9 Å². The number of amides is 4. The molecule has 6 atom stereocenters. The number of ether oxygens (including phenoxy) is 1. The number of nitrogens with zero attached hydrogens (tertiary/aromatic N) is 1. The largest absolute Gasteiger partial charge is 0.481 e. The molecule has 1 rings (SSSR count). The maximum Gasteiger partial charge on any atom is 0.303 e. The van der Waals surface area contributed by atoms with E-state index in [4.69, 9.17) is 15.6 Å². The molecule has 36 heavy (non-hydrogen) atoms. The third-order valence-corrected chi connectivity index (χ3v) is 5.69. The van der Waals surface area contributed by atoms with Crippen molar-refractivity contribution in [3.05, 3.63) is 0 Å². The summed E-state index contributed by atoms with van der Waals surface area (Å²) >= 11 is 0. The van der Waals surface area contributed by atoms with Crippen LogP contribution in [0.15, 0.2) is 0 Å². The van der Waals surface area contributed by atoms with E-state index in [1.165, 1.54) is 4.90 Å². The van der Waals surface area contributed by atoms with E-state index < -0.39 is 85.0 Å². The molecule has 1 heterocycles. The van der Waals surface area contributed by atoms with Gasteiger partial charge in [-0.1, -0.05) is 0 Å². The van der Waals surface area contributed by atoms with E-state index in [0.717, 1.165) is 13.8 Å². The zero-order valence-electron chi connectivity index (χ0n) is 20.1. The van der Waals surface area contributed by atoms with Crippen molar-refractivity contribution < 1.29 is 53.9 Å². The van der Waals surface area contributed by atoms with Gasteiger partial charge >= 0.3 is 5.97 Å². The van der Waals surface area contributed by atoms with Crippen LogP contribution in [0.25, 0.3) is 0 Å². The number of hydrogen-bond acceptors (Lipinski definition) is 10. The highest BCUT2D eigenvalue weighted by atomic mass is 16.5. The molecule has 1 aliphatic rings. The van der Waals surface area contributed by atoms with Gasteiger partial charge in [0.2, 0.25) is 17.4 Å². The molecule has 0 aromatic rings. The average Bonchev–Trinajstić information content (AvgIpc) is 3.36. The summed E-state index contributed by atoms with van der Waals surface area (Å²) in [7, 11) is 0. The summed E-state index contributed by atoms with van der Waals surface area (Å²) in [4.78, 5) is 74.1. The summed E-state index contributed by atoms with van der Waals surface area (Å²) in [6.45, 7) is 1.55. The number of nitrogens with two attached hydrogens (primary N) is 1. The summed E-state index contributed by atoms with van der Waals surface area (Å²) < 4.78 is 5.68. The van der Waals surface area contributed by atoms with Crippen LogP contribution in [0.1, 0.15) is 39.5 Å². The zero-order chi connectivity index (χ0) is 27.6. The van der Waals surface area contributed by atoms with Crippen molar-refractivity contribution in [3.8, 4) is 0 Å². The van der Waals surface area contributed by atoms with Crippen molar-refractivity contribution in [2.45, 2.75) is 75.5 Å². The maximum absolute atomic E-state index is 13.4. The van der Waals surface area contributed by atoms with Crippen molar-refractivity contribution in [1.29, 1.82) is 0 Å². The van der Waals surface area contributed by atoms with E-state index in [0.29, 0.717) is 12.8 Å². The lowest BCUT2D eigenvalue weighted by Gasteiger charge is -2.39. The van der Waals surface area contributed by atoms with E-state index in [2.05, 4.69) is 10.6 Å². The summed E-state index contributed by atoms with van der Waals surface area (Å²) in [6.07, 6.45) is -5.43. The minimum Gasteiger partial charge on any atom is -0.481 e. The molecule has 1 aliphatic heterocycles. The highest BCUT2D eigenvalue weighted by molar-refractivity contribution is 6.09. The van der Waals surface area contributed by atoms with Gasteiger partial charge in [-0.2, -0.15) is 0 Å². The van der Waals surface area contributed by atoms with Gasteiger partial charge in [-0.05, 0) is 26.2 Å². The van der Waals surface area contributed by atoms with Crippen molar-refractivity contribution in [3.63, 3.8) is 0 Å². The topological polar surface area (TPSA) is 246 Å². The van der Waals surface area contributed by atoms with Crippen LogP contribution in [-0.4, -0.2) is 117 Å². The first-order chi connectivity index (χ1) is 16.8. The van der Waals surface area contributed by atoms with Gasteiger partial charge < -0.3 is 51.2 Å². The van der Waals surface area contributed by atoms with Gasteiger partial charge in [0, 0.05) is 26.4 Å². The number of carboxylic acid groups (broad SMARTS) is 1. The third kappa shape index (κ3) is 8.22. The molecule has 15 heteroatoms. The molecule has 0 spiro atoms. The molecular weight excluding hydrogens is 484 g/mol. The average molecular weight is 519 g/mol. The summed E-state index contributed by atoms with van der Waals surface area (Å²) in [5, 5.41) is 43.1. The first-order valence-corrected chi connectivity index (χ1v) is 11.3. The Labute approximate surface area is 206 Å². The molecule has 15 nitrogen and oxygen atoms in total. The number of carbonyl (C=O) groups is 6. The molecule has 2 unspecified atom stereocenters. The third-order valence-electron chi connectivity index (χ3n) is 5.69. The van der Waals surface area contributed by atoms with Crippen LogP contribution < -0.4 is 16.4 Å². The van der Waals surface area contributed by atoms with Crippen LogP contribution in [0.4, 0.5) is 0 Å². The van der Waals surface area contributed by atoms with Crippen LogP contribution >= 0.6 is 0 Å². The molecule has 8 N–H and O–H groups in total. The second-order valence-electron chi connectivity index (χ2n) is 8.58. The number of rotatable bonds is 15. The molecule has 0 aliphatic carbocycles. The van der Waals surface area contributed by atoms with Crippen LogP contribution in [0.3, 0.4) is 0 Å². The summed E-state index contributed by atoms with van der Waals surface area (Å²) in [6, 6.07) is -3.18. The number of likely N-dealkylation sites (tertiary alicyclic amines) is 1. The lowest BCUT2D eigenvalue weighted by atomic mass is 9.97. The summed E-state index contributed by atoms with van der Waals surface area (Å²) in [5.41, 5.74) is 2.73. The Bertz CT molecular complexity index is 833. The maximum atomic E-state index is 13.4. The monoisotopic (exact) mass is 518 g/mol. The SMILES string of the molecule is CC(=O)N[C@@H](C=O)[C@@H](OC(C)(C(=O)NC(CCC(=O)O)C(N)=O)C(=O)N1CCCC1)[C@H](O)[C@H](O)CO. The standard InChI is InChI=1S/C21H34N4O11/c1-11(28)23-13(9-26)17(16(32)14(29)10-27)36-21(2,20(35)25-7-3-4-8-25)19(34)24-12(18(22)33)5-6-15(30)31/h9,12-14,16-17,27,29,32H,3-8,10H2,1-2H3,(H2,22,33)(H,23,28)(H,24,34)(H,30,31)/t12?,13-,14+,16+,17+,21?/m0/s1. The van der Waals surface area contributed by atoms with Gasteiger partial charge in [-0.25, -0.2) is 0 Å². The smallest absolute Gasteiger partial charge is 0.303 e. The highest BCUT2D eigenvalue weighted by Crippen LogP contribution is 2.25. The fourth-order valence-electron chi connectivity index (χ4n) is 3.66. The first-order valence-electron chi connectivity index (χ1n) is 11.3. The quantitative estimate of drug-likeness (QED) is 0.0813. The Morgan fingerprint density at radius 3 is 2.17 bits per heavy atom. The number of carboxylic acids is 1. The van der Waals surface area contributed by atoms with Crippen molar-refractivity contribution in [2.24, 2.45) is 5.73 Å². The molecule has 1 saturated heterocycles. The number of carbonyl (C=O) groups excluding carboxylic acids is 5. The van der Waals surface area contributed by atoms with Gasteiger partial charge in [-0.15, -0.1) is 0 Å². The molecule has 0 aromatic carbocycles. The number of aldehydes is 1. The van der Waals surface area contributed by atoms with E-state index in [-0.39, 0.29) is 19.4 Å². The second kappa shape index (κ2) is 13.8. The Morgan fingerprint density at radius 2 is 1.72 bits per heavy atom. The Balaban J connectivity index is 3.46. The van der Waals surface area contributed by atoms with Crippen LogP contribution in [0, 0.1) is 0 Å². The van der Waals surface area contributed by atoms with Gasteiger partial charge in [0.25, 0.3) is 11.8 Å². The van der Waals surface area contributed by atoms with Crippen LogP contribution in [0.5, 0.6) is 0 Å². The molecule has 4 amide bonds. The minimum absolute atomic E-state index is 0.150. The first kappa shape index (κ1) is 30.9. The lowest BCUT2D eigenvalue weighted by Crippen LogP contribution is -2.65. The Hall–Kier alpha value is -3.14. The zero-order valence-corrected chi connectivity index (χ0v) is 20.1. The molecule has 1 fully saturated rings. The highest BCUT2D eigenvalue weighted by Gasteiger charge is 2.51. The number of aliphatic hydroxyl groups is 3. The molecular formula is C21H34N4O11. The Morgan fingerprint density at radius 1 is 1.14 bits per heavy atom. The number of aliphatic hydroxyl groups excluding tert-OH is 3. The van der Waals surface area contributed by atoms with Crippen molar-refractivity contribution in [2.75, 3.05) is 19.7 Å². The van der Waals surface area contributed by atoms with Gasteiger partial charge in [0.05, 0.1) is 6.61 Å². The Kier molecular flexibility index (Phi) is 11.9. The number of aliphatic carboxylic acids is 1. The molecule has 0 bridgehead atoms. The normalized spacial score (nSPS) is 19.2. The number of nitrogens with one attached hydrogen (secondary N) is 2. The van der Waals surface area contributed by atoms with E-state index in [1.54, 1.807) is 0 Å². The molecule has 0 saturated carbocycles. The van der Waals surface area contributed by atoms with E-state index in [9.17, 15) is 44.1 Å². The molecule has 0 aromatic heterocycles. The minimum atomic E-state index is -2.54. The van der Waals surface area contributed by atoms with Crippen molar-refractivity contribution in [1.82, 2.24) is 15.5 Å². The van der Waals surface area contributed by atoms with Gasteiger partial charge in [-0.3, -0.25) is 24.0 Å². The molecule has 204 valence electrons. The number of hydrogen-bond donors (Lipinski definition) is 7. The predicted molar refractivity (Wildman–Crippen MR) is 120 cm³/mol.